The molecule has 0 amide bonds. The van der Waals surface area contributed by atoms with Crippen molar-refractivity contribution in [2.45, 2.75) is 6.54 Å². The zero-order valence-corrected chi connectivity index (χ0v) is 15.8. The van der Waals surface area contributed by atoms with E-state index in [1.807, 2.05) is 66.6 Å². The monoisotopic (exact) mass is 382 g/mol. The van der Waals surface area contributed by atoms with Crippen LogP contribution in [0.3, 0.4) is 0 Å². The SMILES string of the molecule is Cn1ncc2c(NCc3cnn(-c4ccccc4)c3)nc(-c3cccnc3)nc21. The van der Waals surface area contributed by atoms with Gasteiger partial charge in [0.15, 0.2) is 11.5 Å². The maximum atomic E-state index is 4.72. The van der Waals surface area contributed by atoms with Gasteiger partial charge in [-0.2, -0.15) is 10.2 Å². The van der Waals surface area contributed by atoms with Gasteiger partial charge in [0.05, 0.1) is 23.5 Å². The van der Waals surface area contributed by atoms with Gasteiger partial charge in [-0.15, -0.1) is 0 Å². The molecule has 0 aliphatic heterocycles. The van der Waals surface area contributed by atoms with Gasteiger partial charge in [0.1, 0.15) is 5.82 Å². The quantitative estimate of drug-likeness (QED) is 0.502. The molecule has 0 fully saturated rings. The lowest BCUT2D eigenvalue weighted by molar-refractivity contribution is 0.786. The zero-order valence-electron chi connectivity index (χ0n) is 15.8. The van der Waals surface area contributed by atoms with Gasteiger partial charge in [-0.05, 0) is 24.3 Å². The highest BCUT2D eigenvalue weighted by Gasteiger charge is 2.13. The second kappa shape index (κ2) is 7.16. The molecule has 29 heavy (non-hydrogen) atoms. The summed E-state index contributed by atoms with van der Waals surface area (Å²) in [6.07, 6.45) is 9.12. The third kappa shape index (κ3) is 3.31. The molecule has 5 rings (SSSR count). The number of rotatable bonds is 5. The Labute approximate surface area is 166 Å². The van der Waals surface area contributed by atoms with E-state index in [4.69, 9.17) is 4.98 Å². The molecule has 0 spiro atoms. The number of anilines is 1. The molecule has 1 aromatic carbocycles. The smallest absolute Gasteiger partial charge is 0.165 e. The fourth-order valence-electron chi connectivity index (χ4n) is 3.14. The average molecular weight is 382 g/mol. The van der Waals surface area contributed by atoms with E-state index in [1.165, 1.54) is 0 Å². The van der Waals surface area contributed by atoms with E-state index in [0.717, 1.165) is 33.7 Å². The Morgan fingerprint density at radius 1 is 0.931 bits per heavy atom. The van der Waals surface area contributed by atoms with Crippen LogP contribution in [0.5, 0.6) is 0 Å². The first-order valence-corrected chi connectivity index (χ1v) is 9.21. The predicted molar refractivity (Wildman–Crippen MR) is 110 cm³/mol. The van der Waals surface area contributed by atoms with Crippen molar-refractivity contribution in [3.63, 3.8) is 0 Å². The minimum absolute atomic E-state index is 0.584. The lowest BCUT2D eigenvalue weighted by atomic mass is 10.2. The topological polar surface area (TPSA) is 86.3 Å². The lowest BCUT2D eigenvalue weighted by Crippen LogP contribution is -2.04. The highest BCUT2D eigenvalue weighted by Crippen LogP contribution is 2.24. The third-order valence-electron chi connectivity index (χ3n) is 4.63. The molecule has 0 bridgehead atoms. The largest absolute Gasteiger partial charge is 0.365 e. The Balaban J connectivity index is 1.45. The summed E-state index contributed by atoms with van der Waals surface area (Å²) in [6.45, 7) is 0.584. The van der Waals surface area contributed by atoms with Crippen molar-refractivity contribution in [3.8, 4) is 17.1 Å². The molecule has 0 aliphatic rings. The molecule has 0 aliphatic carbocycles. The van der Waals surface area contributed by atoms with Crippen molar-refractivity contribution in [1.29, 1.82) is 0 Å². The van der Waals surface area contributed by atoms with Crippen molar-refractivity contribution in [3.05, 3.63) is 79.0 Å². The maximum absolute atomic E-state index is 4.72. The van der Waals surface area contributed by atoms with Crippen LogP contribution in [0.25, 0.3) is 28.1 Å². The Morgan fingerprint density at radius 2 is 1.83 bits per heavy atom. The van der Waals surface area contributed by atoms with Gasteiger partial charge < -0.3 is 5.32 Å². The van der Waals surface area contributed by atoms with Crippen LogP contribution in [0.15, 0.2) is 73.4 Å². The van der Waals surface area contributed by atoms with Crippen LogP contribution in [-0.2, 0) is 13.6 Å². The summed E-state index contributed by atoms with van der Waals surface area (Å²) in [6, 6.07) is 13.8. The predicted octanol–water partition coefficient (Wildman–Crippen LogP) is 3.22. The molecular weight excluding hydrogens is 364 g/mol. The van der Waals surface area contributed by atoms with Crippen LogP contribution in [-0.4, -0.2) is 34.5 Å². The number of nitrogens with zero attached hydrogens (tertiary/aromatic N) is 7. The normalized spacial score (nSPS) is 11.1. The molecule has 0 saturated heterocycles. The highest BCUT2D eigenvalue weighted by atomic mass is 15.3. The summed E-state index contributed by atoms with van der Waals surface area (Å²) in [5, 5.41) is 13.1. The van der Waals surface area contributed by atoms with Gasteiger partial charge in [-0.25, -0.2) is 14.6 Å². The van der Waals surface area contributed by atoms with Gasteiger partial charge in [0, 0.05) is 43.3 Å². The summed E-state index contributed by atoms with van der Waals surface area (Å²) >= 11 is 0. The Morgan fingerprint density at radius 3 is 2.66 bits per heavy atom. The Bertz CT molecular complexity index is 1260. The molecular formula is C21H18N8. The summed E-state index contributed by atoms with van der Waals surface area (Å²) in [5.74, 6) is 1.34. The third-order valence-corrected chi connectivity index (χ3v) is 4.63. The van der Waals surface area contributed by atoms with Crippen molar-refractivity contribution in [1.82, 2.24) is 34.5 Å². The summed E-state index contributed by atoms with van der Waals surface area (Å²) in [5.41, 5.74) is 3.69. The van der Waals surface area contributed by atoms with Crippen LogP contribution in [0, 0.1) is 0 Å². The number of fused-ring (bicyclic) bond motifs is 1. The second-order valence-electron chi connectivity index (χ2n) is 6.63. The van der Waals surface area contributed by atoms with Crippen molar-refractivity contribution >= 4 is 16.9 Å². The van der Waals surface area contributed by atoms with Crippen molar-refractivity contribution in [2.24, 2.45) is 7.05 Å². The standard InChI is InChI=1S/C21H18N8/c1-28-21-18(13-24-28)20(26-19(27-21)16-6-5-9-22-12-16)23-10-15-11-25-29(14-15)17-7-3-2-4-8-17/h2-9,11-14H,10H2,1H3,(H,23,26,27). The number of para-hydroxylation sites is 1. The van der Waals surface area contributed by atoms with E-state index >= 15 is 0 Å². The Hall–Kier alpha value is -4.07. The van der Waals surface area contributed by atoms with Crippen LogP contribution in [0.1, 0.15) is 5.56 Å². The van der Waals surface area contributed by atoms with Crippen molar-refractivity contribution < 1.29 is 0 Å². The summed E-state index contributed by atoms with van der Waals surface area (Å²) in [7, 11) is 1.87. The lowest BCUT2D eigenvalue weighted by Gasteiger charge is -2.08. The molecule has 4 aromatic heterocycles. The van der Waals surface area contributed by atoms with E-state index < -0.39 is 0 Å². The van der Waals surface area contributed by atoms with E-state index in [-0.39, 0.29) is 0 Å². The highest BCUT2D eigenvalue weighted by molar-refractivity contribution is 5.88. The number of aromatic nitrogens is 7. The van der Waals surface area contributed by atoms with Crippen LogP contribution in [0.4, 0.5) is 5.82 Å². The minimum atomic E-state index is 0.584. The van der Waals surface area contributed by atoms with Gasteiger partial charge in [-0.3, -0.25) is 9.67 Å². The molecule has 0 unspecified atom stereocenters. The maximum Gasteiger partial charge on any atom is 0.165 e. The minimum Gasteiger partial charge on any atom is -0.365 e. The van der Waals surface area contributed by atoms with E-state index in [9.17, 15) is 0 Å². The molecule has 8 heteroatoms. The fraction of sp³-hybridized carbons (Fsp3) is 0.0952. The van der Waals surface area contributed by atoms with Gasteiger partial charge >= 0.3 is 0 Å². The average Bonchev–Trinajstić information content (AvgIpc) is 3.40. The summed E-state index contributed by atoms with van der Waals surface area (Å²) in [4.78, 5) is 13.6. The van der Waals surface area contributed by atoms with Gasteiger partial charge in [-0.1, -0.05) is 18.2 Å². The fourth-order valence-corrected chi connectivity index (χ4v) is 3.14. The molecule has 8 nitrogen and oxygen atoms in total. The first-order chi connectivity index (χ1) is 14.3. The van der Waals surface area contributed by atoms with Gasteiger partial charge in [0.2, 0.25) is 0 Å². The number of benzene rings is 1. The molecule has 4 heterocycles. The van der Waals surface area contributed by atoms with Crippen LogP contribution < -0.4 is 5.32 Å². The second-order valence-corrected chi connectivity index (χ2v) is 6.63. The number of nitrogens with one attached hydrogen (secondary N) is 1. The Kier molecular flexibility index (Phi) is 4.21. The number of pyridine rings is 1. The summed E-state index contributed by atoms with van der Waals surface area (Å²) < 4.78 is 3.60. The van der Waals surface area contributed by atoms with E-state index in [2.05, 4.69) is 25.5 Å². The van der Waals surface area contributed by atoms with Gasteiger partial charge in [0.25, 0.3) is 0 Å². The molecule has 0 atom stereocenters. The molecule has 5 aromatic rings. The molecule has 142 valence electrons. The van der Waals surface area contributed by atoms with Crippen LogP contribution >= 0.6 is 0 Å². The van der Waals surface area contributed by atoms with E-state index in [0.29, 0.717) is 12.4 Å². The number of aryl methyl sites for hydroxylation is 1. The first-order valence-electron chi connectivity index (χ1n) is 9.21. The van der Waals surface area contributed by atoms with Crippen LogP contribution in [0.2, 0.25) is 0 Å². The molecule has 0 radical (unpaired) electrons. The molecule has 0 saturated carbocycles. The van der Waals surface area contributed by atoms with Crippen molar-refractivity contribution in [2.75, 3.05) is 5.32 Å². The number of hydrogen-bond donors (Lipinski definition) is 1. The first kappa shape index (κ1) is 17.1. The molecule has 1 N–H and O–H groups in total. The number of hydrogen-bond acceptors (Lipinski definition) is 6. The van der Waals surface area contributed by atoms with E-state index in [1.54, 1.807) is 23.3 Å². The zero-order chi connectivity index (χ0) is 19.6.